The molecule has 0 radical (unpaired) electrons. The Bertz CT molecular complexity index is 575. The minimum absolute atomic E-state index is 0.0550. The molecular weight excluding hydrogens is 285 g/mol. The van der Waals surface area contributed by atoms with Gasteiger partial charge < -0.3 is 10.2 Å². The first-order valence-corrected chi connectivity index (χ1v) is 7.61. The Morgan fingerprint density at radius 1 is 1.27 bits per heavy atom. The monoisotopic (exact) mass is 305 g/mol. The summed E-state index contributed by atoms with van der Waals surface area (Å²) in [6, 6.07) is 6.67. The molecule has 2 aliphatic rings. The number of nitrogens with zero attached hydrogens (tertiary/aromatic N) is 2. The molecule has 2 fully saturated rings. The van der Waals surface area contributed by atoms with E-state index in [-0.39, 0.29) is 11.9 Å². The molecule has 6 heteroatoms. The lowest BCUT2D eigenvalue weighted by molar-refractivity contribution is -0.152. The van der Waals surface area contributed by atoms with Crippen LogP contribution in [-0.2, 0) is 9.59 Å². The van der Waals surface area contributed by atoms with Crippen molar-refractivity contribution in [2.75, 3.05) is 32.7 Å². The maximum Gasteiger partial charge on any atom is 0.312 e. The SMILES string of the molecule is CC(CN1CCN2C(=O)C(=O)NCC2C1)c1ccc(F)cc1. The number of carbonyl (C=O) groups is 2. The van der Waals surface area contributed by atoms with Crippen molar-refractivity contribution >= 4 is 11.8 Å². The molecule has 0 aliphatic carbocycles. The number of carbonyl (C=O) groups excluding carboxylic acids is 2. The number of benzene rings is 1. The first kappa shape index (κ1) is 15.0. The maximum atomic E-state index is 13.0. The summed E-state index contributed by atoms with van der Waals surface area (Å²) in [7, 11) is 0. The van der Waals surface area contributed by atoms with Crippen molar-refractivity contribution in [2.45, 2.75) is 18.9 Å². The van der Waals surface area contributed by atoms with Crippen molar-refractivity contribution in [1.29, 1.82) is 0 Å². The van der Waals surface area contributed by atoms with Crippen molar-refractivity contribution in [3.63, 3.8) is 0 Å². The number of amides is 2. The summed E-state index contributed by atoms with van der Waals surface area (Å²) in [4.78, 5) is 27.2. The Hall–Kier alpha value is -1.95. The van der Waals surface area contributed by atoms with Crippen LogP contribution in [0.2, 0.25) is 0 Å². The molecule has 0 spiro atoms. The normalized spacial score (nSPS) is 23.9. The smallest absolute Gasteiger partial charge is 0.312 e. The second kappa shape index (κ2) is 6.04. The highest BCUT2D eigenvalue weighted by Gasteiger charge is 2.37. The summed E-state index contributed by atoms with van der Waals surface area (Å²) >= 11 is 0. The summed E-state index contributed by atoms with van der Waals surface area (Å²) < 4.78 is 13.0. The molecule has 1 aromatic carbocycles. The van der Waals surface area contributed by atoms with Gasteiger partial charge in [0.1, 0.15) is 5.82 Å². The molecule has 0 bridgehead atoms. The van der Waals surface area contributed by atoms with Gasteiger partial charge in [-0.3, -0.25) is 14.5 Å². The lowest BCUT2D eigenvalue weighted by Gasteiger charge is -2.44. The number of hydrogen-bond donors (Lipinski definition) is 1. The van der Waals surface area contributed by atoms with E-state index in [9.17, 15) is 14.0 Å². The minimum atomic E-state index is -0.496. The average molecular weight is 305 g/mol. The Morgan fingerprint density at radius 3 is 2.73 bits per heavy atom. The van der Waals surface area contributed by atoms with Crippen molar-refractivity contribution in [3.8, 4) is 0 Å². The fourth-order valence-corrected chi connectivity index (χ4v) is 3.23. The Morgan fingerprint density at radius 2 is 2.00 bits per heavy atom. The van der Waals surface area contributed by atoms with Crippen LogP contribution in [0.25, 0.3) is 0 Å². The van der Waals surface area contributed by atoms with Crippen LogP contribution in [0.3, 0.4) is 0 Å². The van der Waals surface area contributed by atoms with E-state index < -0.39 is 11.8 Å². The number of nitrogens with one attached hydrogen (secondary N) is 1. The second-order valence-corrected chi connectivity index (χ2v) is 6.07. The molecule has 2 amide bonds. The topological polar surface area (TPSA) is 52.7 Å². The zero-order valence-electron chi connectivity index (χ0n) is 12.6. The van der Waals surface area contributed by atoms with Gasteiger partial charge in [0.05, 0.1) is 6.04 Å². The number of halogens is 1. The lowest BCUT2D eigenvalue weighted by Crippen LogP contribution is -2.65. The first-order valence-electron chi connectivity index (χ1n) is 7.61. The Kier molecular flexibility index (Phi) is 4.11. The van der Waals surface area contributed by atoms with Gasteiger partial charge in [-0.05, 0) is 23.6 Å². The number of fused-ring (bicyclic) bond motifs is 1. The molecule has 3 rings (SSSR count). The molecule has 22 heavy (non-hydrogen) atoms. The van der Waals surface area contributed by atoms with E-state index in [0.29, 0.717) is 19.0 Å². The summed E-state index contributed by atoms with van der Waals surface area (Å²) in [5.41, 5.74) is 1.11. The molecular formula is C16H20FN3O2. The highest BCUT2D eigenvalue weighted by atomic mass is 19.1. The van der Waals surface area contributed by atoms with E-state index in [2.05, 4.69) is 17.1 Å². The van der Waals surface area contributed by atoms with Crippen LogP contribution in [0.15, 0.2) is 24.3 Å². The highest BCUT2D eigenvalue weighted by Crippen LogP contribution is 2.20. The molecule has 2 saturated heterocycles. The second-order valence-electron chi connectivity index (χ2n) is 6.07. The number of piperazine rings is 2. The molecule has 1 N–H and O–H groups in total. The molecule has 1 aromatic rings. The van der Waals surface area contributed by atoms with E-state index in [1.807, 2.05) is 12.1 Å². The van der Waals surface area contributed by atoms with Crippen LogP contribution < -0.4 is 5.32 Å². The zero-order chi connectivity index (χ0) is 15.7. The lowest BCUT2D eigenvalue weighted by atomic mass is 9.99. The predicted octanol–water partition coefficient (Wildman–Crippen LogP) is 0.572. The molecule has 2 unspecified atom stereocenters. The van der Waals surface area contributed by atoms with Gasteiger partial charge >= 0.3 is 11.8 Å². The first-order chi connectivity index (χ1) is 10.5. The van der Waals surface area contributed by atoms with Gasteiger partial charge in [0.15, 0.2) is 0 Å². The van der Waals surface area contributed by atoms with Crippen LogP contribution >= 0.6 is 0 Å². The largest absolute Gasteiger partial charge is 0.346 e. The molecule has 2 atom stereocenters. The average Bonchev–Trinajstić information content (AvgIpc) is 2.51. The predicted molar refractivity (Wildman–Crippen MR) is 79.8 cm³/mol. The van der Waals surface area contributed by atoms with Gasteiger partial charge in [0.2, 0.25) is 0 Å². The van der Waals surface area contributed by atoms with Crippen LogP contribution in [0.5, 0.6) is 0 Å². The van der Waals surface area contributed by atoms with Crippen molar-refractivity contribution < 1.29 is 14.0 Å². The molecule has 5 nitrogen and oxygen atoms in total. The van der Waals surface area contributed by atoms with Crippen LogP contribution in [0.1, 0.15) is 18.4 Å². The number of hydrogen-bond acceptors (Lipinski definition) is 3. The summed E-state index contributed by atoms with van der Waals surface area (Å²) in [5, 5.41) is 2.64. The van der Waals surface area contributed by atoms with Crippen molar-refractivity contribution in [1.82, 2.24) is 15.1 Å². The van der Waals surface area contributed by atoms with Gasteiger partial charge in [0, 0.05) is 32.7 Å². The standard InChI is InChI=1S/C16H20FN3O2/c1-11(12-2-4-13(17)5-3-12)9-19-6-7-20-14(10-19)8-18-15(21)16(20)22/h2-5,11,14H,6-10H2,1H3,(H,18,21). The third-order valence-corrected chi connectivity index (χ3v) is 4.49. The fraction of sp³-hybridized carbons (Fsp3) is 0.500. The van der Waals surface area contributed by atoms with Crippen LogP contribution in [-0.4, -0.2) is 60.4 Å². The number of rotatable bonds is 3. The van der Waals surface area contributed by atoms with Gasteiger partial charge in [-0.25, -0.2) is 4.39 Å². The Labute approximate surface area is 129 Å². The van der Waals surface area contributed by atoms with Crippen LogP contribution in [0.4, 0.5) is 4.39 Å². The maximum absolute atomic E-state index is 13.0. The highest BCUT2D eigenvalue weighted by molar-refractivity contribution is 6.35. The molecule has 0 saturated carbocycles. The van der Waals surface area contributed by atoms with E-state index in [1.54, 1.807) is 4.90 Å². The van der Waals surface area contributed by atoms with E-state index in [4.69, 9.17) is 0 Å². The van der Waals surface area contributed by atoms with Gasteiger partial charge in [-0.2, -0.15) is 0 Å². The summed E-state index contributed by atoms with van der Waals surface area (Å²) in [6.45, 7) is 5.61. The molecule has 2 aliphatic heterocycles. The quantitative estimate of drug-likeness (QED) is 0.831. The third kappa shape index (κ3) is 2.97. The molecule has 118 valence electrons. The summed E-state index contributed by atoms with van der Waals surface area (Å²) in [5.74, 6) is -0.839. The molecule has 2 heterocycles. The third-order valence-electron chi connectivity index (χ3n) is 4.49. The minimum Gasteiger partial charge on any atom is -0.346 e. The summed E-state index contributed by atoms with van der Waals surface area (Å²) in [6.07, 6.45) is 0. The van der Waals surface area contributed by atoms with Crippen molar-refractivity contribution in [3.05, 3.63) is 35.6 Å². The van der Waals surface area contributed by atoms with Gasteiger partial charge in [-0.15, -0.1) is 0 Å². The molecule has 0 aromatic heterocycles. The van der Waals surface area contributed by atoms with E-state index in [1.165, 1.54) is 12.1 Å². The van der Waals surface area contributed by atoms with Crippen LogP contribution in [0, 0.1) is 5.82 Å². The Balaban J connectivity index is 1.60. The zero-order valence-corrected chi connectivity index (χ0v) is 12.6. The van der Waals surface area contributed by atoms with Gasteiger partial charge in [0.25, 0.3) is 0 Å². The van der Waals surface area contributed by atoms with E-state index >= 15 is 0 Å². The van der Waals surface area contributed by atoms with E-state index in [0.717, 1.165) is 25.2 Å². The van der Waals surface area contributed by atoms with Gasteiger partial charge in [-0.1, -0.05) is 19.1 Å². The van der Waals surface area contributed by atoms with Crippen molar-refractivity contribution in [2.24, 2.45) is 0 Å². The fourth-order valence-electron chi connectivity index (χ4n) is 3.23.